The lowest BCUT2D eigenvalue weighted by Crippen LogP contribution is -2.15. The van der Waals surface area contributed by atoms with E-state index in [0.717, 1.165) is 0 Å². The predicted octanol–water partition coefficient (Wildman–Crippen LogP) is 2.46. The van der Waals surface area contributed by atoms with E-state index < -0.39 is 15.8 Å². The summed E-state index contributed by atoms with van der Waals surface area (Å²) in [5.41, 5.74) is 1.13. The Hall–Kier alpha value is -1.89. The van der Waals surface area contributed by atoms with Gasteiger partial charge in [-0.25, -0.2) is 12.8 Å². The third kappa shape index (κ3) is 2.82. The van der Waals surface area contributed by atoms with Crippen LogP contribution in [0.5, 0.6) is 0 Å². The molecule has 1 aromatic heterocycles. The number of nitrogens with one attached hydrogen (secondary N) is 1. The van der Waals surface area contributed by atoms with Crippen LogP contribution in [0.25, 0.3) is 0 Å². The van der Waals surface area contributed by atoms with Crippen LogP contribution in [0.4, 0.5) is 10.1 Å². The maximum Gasteiger partial charge on any atom is 0.262 e. The van der Waals surface area contributed by atoms with Gasteiger partial charge in [0.15, 0.2) is 0 Å². The summed E-state index contributed by atoms with van der Waals surface area (Å²) in [5, 5.41) is 4.00. The number of anilines is 1. The minimum Gasteiger partial charge on any atom is -0.276 e. The highest BCUT2D eigenvalue weighted by Gasteiger charge is 2.21. The third-order valence-electron chi connectivity index (χ3n) is 2.90. The van der Waals surface area contributed by atoms with E-state index in [-0.39, 0.29) is 4.90 Å². The van der Waals surface area contributed by atoms with Gasteiger partial charge in [-0.15, -0.1) is 0 Å². The first-order valence-corrected chi connectivity index (χ1v) is 7.64. The fourth-order valence-electron chi connectivity index (χ4n) is 2.12. The Balaban J connectivity index is 2.40. The molecule has 0 atom stereocenters. The Kier molecular flexibility index (Phi) is 3.80. The quantitative estimate of drug-likeness (QED) is 0.943. The largest absolute Gasteiger partial charge is 0.276 e. The first-order valence-electron chi connectivity index (χ1n) is 6.15. The summed E-state index contributed by atoms with van der Waals surface area (Å²) >= 11 is 0. The lowest BCUT2D eigenvalue weighted by Gasteiger charge is -2.11. The molecule has 1 aromatic carbocycles. The molecule has 0 aliphatic rings. The summed E-state index contributed by atoms with van der Waals surface area (Å²) in [6.45, 7) is 5.69. The van der Waals surface area contributed by atoms with Crippen molar-refractivity contribution in [3.8, 4) is 0 Å². The second-order valence-electron chi connectivity index (χ2n) is 4.56. The molecule has 0 aliphatic carbocycles. The summed E-state index contributed by atoms with van der Waals surface area (Å²) in [4.78, 5) is 0.100. The first-order chi connectivity index (χ1) is 9.33. The number of hydrogen-bond donors (Lipinski definition) is 1. The molecule has 1 N–H and O–H groups in total. The lowest BCUT2D eigenvalue weighted by atomic mass is 10.1. The van der Waals surface area contributed by atoms with Crippen LogP contribution in [0, 0.1) is 19.7 Å². The molecule has 0 bridgehead atoms. The van der Waals surface area contributed by atoms with Crippen molar-refractivity contribution in [2.24, 2.45) is 0 Å². The maximum absolute atomic E-state index is 13.2. The molecule has 0 radical (unpaired) electrons. The molecular formula is C13H16FN3O2S. The molecule has 0 unspecified atom stereocenters. The minimum absolute atomic E-state index is 0.100. The fraction of sp³-hybridized carbons (Fsp3) is 0.308. The Morgan fingerprint density at radius 2 is 1.90 bits per heavy atom. The number of halogens is 1. The van der Waals surface area contributed by atoms with Crippen LogP contribution in [0.3, 0.4) is 0 Å². The van der Waals surface area contributed by atoms with Crippen LogP contribution in [-0.2, 0) is 16.6 Å². The van der Waals surface area contributed by atoms with E-state index in [1.54, 1.807) is 24.7 Å². The van der Waals surface area contributed by atoms with Gasteiger partial charge in [0.25, 0.3) is 10.0 Å². The van der Waals surface area contributed by atoms with Crippen molar-refractivity contribution in [3.05, 3.63) is 41.5 Å². The van der Waals surface area contributed by atoms with Gasteiger partial charge in [-0.05, 0) is 44.0 Å². The molecule has 108 valence electrons. The molecule has 2 aromatic rings. The summed E-state index contributed by atoms with van der Waals surface area (Å²) in [5.74, 6) is -0.447. The Labute approximate surface area is 117 Å². The van der Waals surface area contributed by atoms with Crippen LogP contribution in [-0.4, -0.2) is 18.2 Å². The summed E-state index contributed by atoms with van der Waals surface area (Å²) < 4.78 is 42.1. The van der Waals surface area contributed by atoms with Crippen molar-refractivity contribution in [1.82, 2.24) is 9.78 Å². The average Bonchev–Trinajstić information content (AvgIpc) is 2.73. The van der Waals surface area contributed by atoms with Gasteiger partial charge in [-0.3, -0.25) is 9.40 Å². The molecule has 1 heterocycles. The molecule has 5 nitrogen and oxygen atoms in total. The fourth-order valence-corrected chi connectivity index (χ4v) is 3.60. The molecule has 0 saturated heterocycles. The Bertz CT molecular complexity index is 715. The van der Waals surface area contributed by atoms with E-state index in [2.05, 4.69) is 9.82 Å². The van der Waals surface area contributed by atoms with Crippen LogP contribution in [0.2, 0.25) is 0 Å². The topological polar surface area (TPSA) is 64.0 Å². The van der Waals surface area contributed by atoms with Crippen LogP contribution < -0.4 is 4.72 Å². The van der Waals surface area contributed by atoms with Gasteiger partial charge < -0.3 is 0 Å². The third-order valence-corrected chi connectivity index (χ3v) is 4.59. The van der Waals surface area contributed by atoms with Gasteiger partial charge in [0.05, 0.1) is 16.8 Å². The molecule has 0 aliphatic heterocycles. The van der Waals surface area contributed by atoms with E-state index in [1.807, 2.05) is 6.92 Å². The molecule has 0 fully saturated rings. The van der Waals surface area contributed by atoms with Crippen LogP contribution in [0.1, 0.15) is 18.1 Å². The number of nitrogens with zero attached hydrogens (tertiary/aromatic N) is 2. The highest BCUT2D eigenvalue weighted by molar-refractivity contribution is 7.92. The van der Waals surface area contributed by atoms with E-state index >= 15 is 0 Å². The average molecular weight is 297 g/mol. The molecule has 0 amide bonds. The lowest BCUT2D eigenvalue weighted by molar-refractivity contribution is 0.597. The smallest absolute Gasteiger partial charge is 0.262 e. The van der Waals surface area contributed by atoms with Gasteiger partial charge in [0.1, 0.15) is 5.82 Å². The molecule has 0 spiro atoms. The first kappa shape index (κ1) is 14.5. The second kappa shape index (κ2) is 5.24. The molecule has 7 heteroatoms. The van der Waals surface area contributed by atoms with E-state index in [4.69, 9.17) is 0 Å². The van der Waals surface area contributed by atoms with Crippen molar-refractivity contribution in [1.29, 1.82) is 0 Å². The van der Waals surface area contributed by atoms with Crippen LogP contribution >= 0.6 is 0 Å². The highest BCUT2D eigenvalue weighted by atomic mass is 32.2. The normalized spacial score (nSPS) is 11.6. The number of aromatic nitrogens is 2. The zero-order valence-corrected chi connectivity index (χ0v) is 12.3. The van der Waals surface area contributed by atoms with Crippen molar-refractivity contribution in [2.75, 3.05) is 4.72 Å². The standard InChI is InChI=1S/C13H16FN3O2S/c1-4-17-8-12(7-15-17)16-20(18,19)13-9(2)5-11(14)6-10(13)3/h5-8,16H,4H2,1-3H3. The maximum atomic E-state index is 13.2. The zero-order chi connectivity index (χ0) is 14.9. The summed E-state index contributed by atoms with van der Waals surface area (Å²) in [7, 11) is -3.76. The molecule has 20 heavy (non-hydrogen) atoms. The summed E-state index contributed by atoms with van der Waals surface area (Å²) in [6, 6.07) is 2.41. The minimum atomic E-state index is -3.76. The van der Waals surface area contributed by atoms with E-state index in [0.29, 0.717) is 23.4 Å². The van der Waals surface area contributed by atoms with E-state index in [1.165, 1.54) is 18.3 Å². The SMILES string of the molecule is CCn1cc(NS(=O)(=O)c2c(C)cc(F)cc2C)cn1. The van der Waals surface area contributed by atoms with Crippen molar-refractivity contribution >= 4 is 15.7 Å². The van der Waals surface area contributed by atoms with Crippen molar-refractivity contribution in [2.45, 2.75) is 32.2 Å². The highest BCUT2D eigenvalue weighted by Crippen LogP contribution is 2.23. The zero-order valence-electron chi connectivity index (χ0n) is 11.5. The van der Waals surface area contributed by atoms with Crippen molar-refractivity contribution < 1.29 is 12.8 Å². The van der Waals surface area contributed by atoms with E-state index in [9.17, 15) is 12.8 Å². The monoisotopic (exact) mass is 297 g/mol. The predicted molar refractivity (Wildman–Crippen MR) is 74.6 cm³/mol. The number of benzene rings is 1. The Morgan fingerprint density at radius 3 is 2.40 bits per heavy atom. The van der Waals surface area contributed by atoms with Crippen molar-refractivity contribution in [3.63, 3.8) is 0 Å². The Morgan fingerprint density at radius 1 is 1.30 bits per heavy atom. The molecule has 0 saturated carbocycles. The van der Waals surface area contributed by atoms with Gasteiger partial charge in [-0.2, -0.15) is 5.10 Å². The number of hydrogen-bond acceptors (Lipinski definition) is 3. The summed E-state index contributed by atoms with van der Waals surface area (Å²) in [6.07, 6.45) is 3.04. The van der Waals surface area contributed by atoms with Crippen LogP contribution in [0.15, 0.2) is 29.4 Å². The number of sulfonamides is 1. The van der Waals surface area contributed by atoms with Gasteiger partial charge >= 0.3 is 0 Å². The number of aryl methyl sites for hydroxylation is 3. The van der Waals surface area contributed by atoms with Gasteiger partial charge in [-0.1, -0.05) is 0 Å². The van der Waals surface area contributed by atoms with Gasteiger partial charge in [0, 0.05) is 12.7 Å². The van der Waals surface area contributed by atoms with Gasteiger partial charge in [0.2, 0.25) is 0 Å². The molecule has 2 rings (SSSR count). The number of rotatable bonds is 4. The second-order valence-corrected chi connectivity index (χ2v) is 6.18. The molecular weight excluding hydrogens is 281 g/mol.